The summed E-state index contributed by atoms with van der Waals surface area (Å²) in [6, 6.07) is 17.8. The van der Waals surface area contributed by atoms with E-state index in [4.69, 9.17) is 14.2 Å². The Labute approximate surface area is 187 Å². The molecule has 0 aromatic heterocycles. The summed E-state index contributed by atoms with van der Waals surface area (Å²) in [7, 11) is 4.72. The Kier molecular flexibility index (Phi) is 7.54. The van der Waals surface area contributed by atoms with Crippen LogP contribution in [0.4, 0.5) is 5.69 Å². The molecule has 3 rings (SSSR count). The third kappa shape index (κ3) is 5.92. The summed E-state index contributed by atoms with van der Waals surface area (Å²) in [5, 5.41) is 12.2. The first-order valence-corrected chi connectivity index (χ1v) is 9.88. The van der Waals surface area contributed by atoms with E-state index in [1.807, 2.05) is 48.6 Å². The second-order valence-corrected chi connectivity index (χ2v) is 6.83. The molecule has 164 valence electrons. The molecule has 32 heavy (non-hydrogen) atoms. The number of methoxy groups -OCH3 is 3. The highest BCUT2D eigenvalue weighted by Crippen LogP contribution is 2.38. The lowest BCUT2D eigenvalue weighted by molar-refractivity contribution is -0.111. The van der Waals surface area contributed by atoms with Crippen molar-refractivity contribution in [3.63, 3.8) is 0 Å². The van der Waals surface area contributed by atoms with Crippen molar-refractivity contribution in [2.24, 2.45) is 0 Å². The van der Waals surface area contributed by atoms with Crippen LogP contribution in [0.1, 0.15) is 16.7 Å². The highest BCUT2D eigenvalue weighted by Gasteiger charge is 2.12. The molecule has 6 nitrogen and oxygen atoms in total. The van der Waals surface area contributed by atoms with E-state index in [9.17, 15) is 9.90 Å². The maximum atomic E-state index is 12.2. The number of phenols is 1. The van der Waals surface area contributed by atoms with Crippen LogP contribution < -0.4 is 19.5 Å². The van der Waals surface area contributed by atoms with Gasteiger partial charge in [0.1, 0.15) is 5.75 Å². The summed E-state index contributed by atoms with van der Waals surface area (Å²) in [5.41, 5.74) is 3.29. The molecule has 0 aliphatic carbocycles. The quantitative estimate of drug-likeness (QED) is 0.377. The van der Waals surface area contributed by atoms with Gasteiger partial charge in [-0.05, 0) is 59.2 Å². The van der Waals surface area contributed by atoms with Gasteiger partial charge in [-0.3, -0.25) is 4.79 Å². The molecule has 0 aliphatic heterocycles. The van der Waals surface area contributed by atoms with Crippen LogP contribution >= 0.6 is 0 Å². The normalized spacial score (nSPS) is 11.0. The number of hydrogen-bond donors (Lipinski definition) is 2. The fraction of sp³-hybridized carbons (Fsp3) is 0.115. The molecule has 0 saturated carbocycles. The molecule has 0 heterocycles. The lowest BCUT2D eigenvalue weighted by atomic mass is 10.1. The van der Waals surface area contributed by atoms with E-state index in [0.29, 0.717) is 22.9 Å². The predicted molar refractivity (Wildman–Crippen MR) is 127 cm³/mol. The van der Waals surface area contributed by atoms with Crippen LogP contribution in [-0.2, 0) is 4.79 Å². The highest BCUT2D eigenvalue weighted by molar-refractivity contribution is 6.02. The Bertz CT molecular complexity index is 1110. The third-order valence-corrected chi connectivity index (χ3v) is 4.63. The van der Waals surface area contributed by atoms with Crippen LogP contribution in [0.15, 0.2) is 66.7 Å². The number of anilines is 1. The maximum absolute atomic E-state index is 12.2. The van der Waals surface area contributed by atoms with E-state index in [1.54, 1.807) is 51.7 Å². The molecule has 0 fully saturated rings. The molecule has 0 saturated heterocycles. The van der Waals surface area contributed by atoms with Crippen LogP contribution in [0.25, 0.3) is 18.2 Å². The number of carbonyl (C=O) groups is 1. The van der Waals surface area contributed by atoms with E-state index in [2.05, 4.69) is 5.32 Å². The van der Waals surface area contributed by atoms with Gasteiger partial charge in [0.2, 0.25) is 11.7 Å². The minimum atomic E-state index is -0.246. The van der Waals surface area contributed by atoms with Gasteiger partial charge in [0.05, 0.1) is 21.3 Å². The molecule has 0 aliphatic rings. The number of nitrogens with one attached hydrogen (secondary N) is 1. The molecule has 0 spiro atoms. The minimum absolute atomic E-state index is 0.183. The molecule has 3 aromatic carbocycles. The number of ether oxygens (including phenoxy) is 3. The van der Waals surface area contributed by atoms with Crippen molar-refractivity contribution >= 4 is 29.8 Å². The van der Waals surface area contributed by atoms with Crippen LogP contribution in [0.3, 0.4) is 0 Å². The Morgan fingerprint density at radius 1 is 0.781 bits per heavy atom. The van der Waals surface area contributed by atoms with Crippen molar-refractivity contribution < 1.29 is 24.1 Å². The monoisotopic (exact) mass is 431 g/mol. The number of hydrogen-bond acceptors (Lipinski definition) is 5. The molecule has 0 radical (unpaired) electrons. The van der Waals surface area contributed by atoms with Gasteiger partial charge in [0.25, 0.3) is 0 Å². The largest absolute Gasteiger partial charge is 0.508 e. The minimum Gasteiger partial charge on any atom is -0.508 e. The van der Waals surface area contributed by atoms with Crippen molar-refractivity contribution in [2.45, 2.75) is 0 Å². The van der Waals surface area contributed by atoms with Gasteiger partial charge in [-0.2, -0.15) is 0 Å². The van der Waals surface area contributed by atoms with Gasteiger partial charge in [0.15, 0.2) is 11.5 Å². The molecule has 6 heteroatoms. The van der Waals surface area contributed by atoms with Crippen molar-refractivity contribution in [2.75, 3.05) is 26.6 Å². The standard InChI is InChI=1S/C26H25NO5/c1-30-23-16-20(17-24(31-2)26(23)32-3)8-7-19-5-4-6-21(15-19)27-25(29)14-11-18-9-12-22(28)13-10-18/h4-17,28H,1-3H3,(H,27,29)/b8-7+,14-11+. The first kappa shape index (κ1) is 22.5. The van der Waals surface area contributed by atoms with E-state index in [0.717, 1.165) is 16.7 Å². The molecule has 2 N–H and O–H groups in total. The molecule has 3 aromatic rings. The smallest absolute Gasteiger partial charge is 0.248 e. The summed E-state index contributed by atoms with van der Waals surface area (Å²) < 4.78 is 16.1. The van der Waals surface area contributed by atoms with Crippen molar-refractivity contribution in [3.8, 4) is 23.0 Å². The van der Waals surface area contributed by atoms with Crippen LogP contribution in [0, 0.1) is 0 Å². The van der Waals surface area contributed by atoms with Gasteiger partial charge in [0, 0.05) is 11.8 Å². The lowest BCUT2D eigenvalue weighted by Gasteiger charge is -2.12. The average Bonchev–Trinajstić information content (AvgIpc) is 2.81. The first-order chi connectivity index (χ1) is 15.5. The summed E-state index contributed by atoms with van der Waals surface area (Å²) >= 11 is 0. The molecule has 0 bridgehead atoms. The second kappa shape index (κ2) is 10.7. The third-order valence-electron chi connectivity index (χ3n) is 4.63. The van der Waals surface area contributed by atoms with Crippen LogP contribution in [0.2, 0.25) is 0 Å². The fourth-order valence-electron chi connectivity index (χ4n) is 3.05. The van der Waals surface area contributed by atoms with Crippen molar-refractivity contribution in [1.29, 1.82) is 0 Å². The Morgan fingerprint density at radius 3 is 2.06 bits per heavy atom. The molecule has 1 amide bonds. The summed E-state index contributed by atoms with van der Waals surface area (Å²) in [5.74, 6) is 1.63. The Morgan fingerprint density at radius 2 is 1.44 bits per heavy atom. The Hall–Kier alpha value is -4.19. The van der Waals surface area contributed by atoms with E-state index in [-0.39, 0.29) is 11.7 Å². The number of rotatable bonds is 8. The molecule has 0 unspecified atom stereocenters. The zero-order valence-electron chi connectivity index (χ0n) is 18.2. The predicted octanol–water partition coefficient (Wildman–Crippen LogP) is 5.24. The van der Waals surface area contributed by atoms with Crippen LogP contribution in [0.5, 0.6) is 23.0 Å². The SMILES string of the molecule is COc1cc(/C=C/c2cccc(NC(=O)/C=C/c3ccc(O)cc3)c2)cc(OC)c1OC. The topological polar surface area (TPSA) is 77.0 Å². The Balaban J connectivity index is 1.71. The first-order valence-electron chi connectivity index (χ1n) is 9.88. The second-order valence-electron chi connectivity index (χ2n) is 6.83. The molecule has 0 atom stereocenters. The number of benzene rings is 3. The van der Waals surface area contributed by atoms with E-state index >= 15 is 0 Å². The van der Waals surface area contributed by atoms with E-state index in [1.165, 1.54) is 6.08 Å². The maximum Gasteiger partial charge on any atom is 0.248 e. The summed E-state index contributed by atoms with van der Waals surface area (Å²) in [4.78, 5) is 12.2. The number of phenolic OH excluding ortho intramolecular Hbond substituents is 1. The van der Waals surface area contributed by atoms with Gasteiger partial charge in [-0.1, -0.05) is 36.4 Å². The zero-order valence-corrected chi connectivity index (χ0v) is 18.2. The summed E-state index contributed by atoms with van der Waals surface area (Å²) in [6.07, 6.45) is 6.99. The number of carbonyl (C=O) groups excluding carboxylic acids is 1. The average molecular weight is 431 g/mol. The van der Waals surface area contributed by atoms with Gasteiger partial charge in [-0.15, -0.1) is 0 Å². The fourth-order valence-corrected chi connectivity index (χ4v) is 3.05. The number of aromatic hydroxyl groups is 1. The van der Waals surface area contributed by atoms with Crippen molar-refractivity contribution in [1.82, 2.24) is 0 Å². The van der Waals surface area contributed by atoms with Gasteiger partial charge >= 0.3 is 0 Å². The molecular formula is C26H25NO5. The highest BCUT2D eigenvalue weighted by atomic mass is 16.5. The number of amides is 1. The molecular weight excluding hydrogens is 406 g/mol. The van der Waals surface area contributed by atoms with E-state index < -0.39 is 0 Å². The van der Waals surface area contributed by atoms with Crippen molar-refractivity contribution in [3.05, 3.63) is 83.4 Å². The van der Waals surface area contributed by atoms with Gasteiger partial charge in [-0.25, -0.2) is 0 Å². The zero-order chi connectivity index (χ0) is 22.9. The lowest BCUT2D eigenvalue weighted by Crippen LogP contribution is -2.07. The summed E-state index contributed by atoms with van der Waals surface area (Å²) in [6.45, 7) is 0. The van der Waals surface area contributed by atoms with Gasteiger partial charge < -0.3 is 24.6 Å². The van der Waals surface area contributed by atoms with Crippen LogP contribution in [-0.4, -0.2) is 32.3 Å².